The Kier molecular flexibility index (Phi) is 3.88. The molecule has 3 unspecified atom stereocenters. The predicted molar refractivity (Wildman–Crippen MR) is 77.6 cm³/mol. The van der Waals surface area contributed by atoms with Crippen LogP contribution in [0.3, 0.4) is 0 Å². The first-order chi connectivity index (χ1) is 10.0. The highest BCUT2D eigenvalue weighted by Crippen LogP contribution is 2.34. The molecule has 0 aliphatic carbocycles. The third-order valence-corrected chi connectivity index (χ3v) is 4.23. The third kappa shape index (κ3) is 2.42. The number of benzene rings is 1. The first-order valence-corrected chi connectivity index (χ1v) is 7.56. The molecule has 1 aromatic heterocycles. The van der Waals surface area contributed by atoms with Crippen LogP contribution in [0.5, 0.6) is 0 Å². The topological polar surface area (TPSA) is 27.1 Å². The maximum Gasteiger partial charge on any atom is 0.184 e. The average Bonchev–Trinajstić information content (AvgIpc) is 3.09. The molecule has 6 heteroatoms. The number of nitrogens with zero attached hydrogens (tertiary/aromatic N) is 2. The van der Waals surface area contributed by atoms with Gasteiger partial charge in [-0.05, 0) is 38.8 Å². The summed E-state index contributed by atoms with van der Waals surface area (Å²) in [6.07, 6.45) is 1.84. The van der Waals surface area contributed by atoms with Crippen LogP contribution in [0.25, 0.3) is 11.0 Å². The van der Waals surface area contributed by atoms with Crippen molar-refractivity contribution in [3.63, 3.8) is 0 Å². The predicted octanol–water partition coefficient (Wildman–Crippen LogP) is 4.35. The van der Waals surface area contributed by atoms with Crippen molar-refractivity contribution in [2.24, 2.45) is 0 Å². The van der Waals surface area contributed by atoms with Gasteiger partial charge in [0.15, 0.2) is 11.6 Å². The Morgan fingerprint density at radius 3 is 2.76 bits per heavy atom. The van der Waals surface area contributed by atoms with Gasteiger partial charge in [-0.1, -0.05) is 0 Å². The number of rotatable bonds is 3. The highest BCUT2D eigenvalue weighted by atomic mass is 35.5. The molecule has 0 spiro atoms. The van der Waals surface area contributed by atoms with E-state index in [1.54, 1.807) is 11.5 Å². The van der Waals surface area contributed by atoms with Gasteiger partial charge in [0.05, 0.1) is 23.0 Å². The van der Waals surface area contributed by atoms with E-state index in [1.165, 1.54) is 6.07 Å². The molecule has 1 aliphatic rings. The molecule has 2 aromatic rings. The smallest absolute Gasteiger partial charge is 0.184 e. The minimum absolute atomic E-state index is 0.0285. The monoisotopic (exact) mass is 314 g/mol. The van der Waals surface area contributed by atoms with Crippen LogP contribution in [-0.2, 0) is 4.74 Å². The largest absolute Gasteiger partial charge is 0.376 e. The van der Waals surface area contributed by atoms with Gasteiger partial charge in [-0.15, -0.1) is 11.6 Å². The Balaban J connectivity index is 2.21. The Morgan fingerprint density at radius 1 is 1.38 bits per heavy atom. The fourth-order valence-corrected chi connectivity index (χ4v) is 3.14. The maximum absolute atomic E-state index is 14.3. The van der Waals surface area contributed by atoms with Crippen molar-refractivity contribution in [1.82, 2.24) is 9.55 Å². The van der Waals surface area contributed by atoms with Crippen LogP contribution in [-0.4, -0.2) is 22.3 Å². The van der Waals surface area contributed by atoms with E-state index in [4.69, 9.17) is 16.3 Å². The summed E-state index contributed by atoms with van der Waals surface area (Å²) in [5.41, 5.74) is 0.585. The summed E-state index contributed by atoms with van der Waals surface area (Å²) in [4.78, 5) is 4.38. The quantitative estimate of drug-likeness (QED) is 0.787. The first-order valence-electron chi connectivity index (χ1n) is 7.12. The molecule has 1 saturated heterocycles. The van der Waals surface area contributed by atoms with E-state index in [9.17, 15) is 8.78 Å². The second kappa shape index (κ2) is 5.54. The lowest BCUT2D eigenvalue weighted by Gasteiger charge is -2.23. The summed E-state index contributed by atoms with van der Waals surface area (Å²) in [7, 11) is 0. The second-order valence-electron chi connectivity index (χ2n) is 5.48. The van der Waals surface area contributed by atoms with E-state index in [0.29, 0.717) is 17.9 Å². The Labute approximate surface area is 126 Å². The van der Waals surface area contributed by atoms with Gasteiger partial charge in [0.25, 0.3) is 0 Å². The fourth-order valence-electron chi connectivity index (χ4n) is 2.98. The normalized spacial score (nSPS) is 21.9. The molecule has 0 N–H and O–H groups in total. The van der Waals surface area contributed by atoms with Gasteiger partial charge in [-0.25, -0.2) is 13.8 Å². The van der Waals surface area contributed by atoms with Crippen LogP contribution >= 0.6 is 11.6 Å². The Bertz CT molecular complexity index is 665. The van der Waals surface area contributed by atoms with Gasteiger partial charge in [-0.2, -0.15) is 0 Å². The van der Waals surface area contributed by atoms with Crippen LogP contribution in [0.1, 0.15) is 43.9 Å². The number of ether oxygens (including phenoxy) is 1. The van der Waals surface area contributed by atoms with Gasteiger partial charge in [-0.3, -0.25) is 0 Å². The van der Waals surface area contributed by atoms with Crippen molar-refractivity contribution in [1.29, 1.82) is 0 Å². The molecular formula is C15H17ClF2N2O. The number of hydrogen-bond donors (Lipinski definition) is 0. The zero-order valence-corrected chi connectivity index (χ0v) is 12.7. The zero-order chi connectivity index (χ0) is 15.1. The lowest BCUT2D eigenvalue weighted by Crippen LogP contribution is -2.23. The first kappa shape index (κ1) is 14.7. The molecular weight excluding hydrogens is 298 g/mol. The lowest BCUT2D eigenvalue weighted by molar-refractivity contribution is 0.0734. The second-order valence-corrected chi connectivity index (χ2v) is 6.13. The standard InChI is InChI=1S/C15H17ClF2N2O/c1-8(16)15-19-11-6-5-10(17)13(18)14(11)20(15)9(2)12-4-3-7-21-12/h5-6,8-9,12H,3-4,7H2,1-2H3. The fraction of sp³-hybridized carbons (Fsp3) is 0.533. The molecule has 114 valence electrons. The van der Waals surface area contributed by atoms with Crippen molar-refractivity contribution < 1.29 is 13.5 Å². The highest BCUT2D eigenvalue weighted by molar-refractivity contribution is 6.20. The zero-order valence-electron chi connectivity index (χ0n) is 11.9. The molecule has 0 radical (unpaired) electrons. The minimum atomic E-state index is -0.881. The number of imidazole rings is 1. The SMILES string of the molecule is CC(Cl)c1nc2ccc(F)c(F)c2n1C(C)C1CCCO1. The molecule has 0 saturated carbocycles. The highest BCUT2D eigenvalue weighted by Gasteiger charge is 2.29. The van der Waals surface area contributed by atoms with Gasteiger partial charge >= 0.3 is 0 Å². The van der Waals surface area contributed by atoms with Crippen LogP contribution < -0.4 is 0 Å². The number of fused-ring (bicyclic) bond motifs is 1. The molecule has 3 rings (SSSR count). The molecule has 1 aromatic carbocycles. The molecule has 1 fully saturated rings. The molecule has 0 bridgehead atoms. The molecule has 21 heavy (non-hydrogen) atoms. The van der Waals surface area contributed by atoms with Crippen molar-refractivity contribution in [2.75, 3.05) is 6.61 Å². The minimum Gasteiger partial charge on any atom is -0.376 e. The summed E-state index contributed by atoms with van der Waals surface area (Å²) in [5.74, 6) is -1.22. The van der Waals surface area contributed by atoms with Crippen LogP contribution in [0.4, 0.5) is 8.78 Å². The van der Waals surface area contributed by atoms with Crippen LogP contribution in [0.15, 0.2) is 12.1 Å². The Hall–Kier alpha value is -1.20. The van der Waals surface area contributed by atoms with E-state index in [0.717, 1.165) is 18.9 Å². The van der Waals surface area contributed by atoms with Crippen LogP contribution in [0.2, 0.25) is 0 Å². The lowest BCUT2D eigenvalue weighted by atomic mass is 10.1. The number of alkyl halides is 1. The van der Waals surface area contributed by atoms with Crippen LogP contribution in [0, 0.1) is 11.6 Å². The van der Waals surface area contributed by atoms with E-state index in [1.807, 2.05) is 6.92 Å². The Morgan fingerprint density at radius 2 is 2.14 bits per heavy atom. The summed E-state index contributed by atoms with van der Waals surface area (Å²) in [6, 6.07) is 2.42. The van der Waals surface area contributed by atoms with Gasteiger partial charge in [0.2, 0.25) is 0 Å². The summed E-state index contributed by atoms with van der Waals surface area (Å²) in [5, 5.41) is -0.399. The van der Waals surface area contributed by atoms with Gasteiger partial charge in [0.1, 0.15) is 11.3 Å². The molecule has 3 nitrogen and oxygen atoms in total. The van der Waals surface area contributed by atoms with Crippen molar-refractivity contribution in [3.05, 3.63) is 29.6 Å². The van der Waals surface area contributed by atoms with Crippen molar-refractivity contribution in [3.8, 4) is 0 Å². The molecule has 1 aliphatic heterocycles. The summed E-state index contributed by atoms with van der Waals surface area (Å²) >= 11 is 6.18. The molecule has 3 atom stereocenters. The van der Waals surface area contributed by atoms with Crippen molar-refractivity contribution >= 4 is 22.6 Å². The number of hydrogen-bond acceptors (Lipinski definition) is 2. The van der Waals surface area contributed by atoms with Gasteiger partial charge in [0, 0.05) is 6.61 Å². The molecule has 2 heterocycles. The summed E-state index contributed by atoms with van der Waals surface area (Å²) in [6.45, 7) is 4.41. The van der Waals surface area contributed by atoms with E-state index in [-0.39, 0.29) is 17.7 Å². The average molecular weight is 315 g/mol. The summed E-state index contributed by atoms with van der Waals surface area (Å²) < 4.78 is 35.2. The van der Waals surface area contributed by atoms with Gasteiger partial charge < -0.3 is 9.30 Å². The van der Waals surface area contributed by atoms with Crippen molar-refractivity contribution in [2.45, 2.75) is 44.2 Å². The molecule has 0 amide bonds. The van der Waals surface area contributed by atoms with E-state index >= 15 is 0 Å². The van der Waals surface area contributed by atoms with E-state index in [2.05, 4.69) is 4.98 Å². The maximum atomic E-state index is 14.3. The number of aromatic nitrogens is 2. The number of halogens is 3. The van der Waals surface area contributed by atoms with E-state index < -0.39 is 17.0 Å². The third-order valence-electron chi connectivity index (χ3n) is 4.04.